The molecule has 26 heavy (non-hydrogen) atoms. The van der Waals surface area contributed by atoms with Crippen LogP contribution in [0.3, 0.4) is 0 Å². The lowest BCUT2D eigenvalue weighted by atomic mass is 10.2. The molecule has 0 heterocycles. The van der Waals surface area contributed by atoms with Crippen molar-refractivity contribution in [1.29, 1.82) is 0 Å². The molecule has 2 aromatic carbocycles. The Kier molecular flexibility index (Phi) is 6.26. The van der Waals surface area contributed by atoms with Gasteiger partial charge in [-0.1, -0.05) is 18.2 Å². The molecule has 0 saturated heterocycles. The number of hydrazone groups is 1. The number of amides is 1. The average Bonchev–Trinajstić information content (AvgIpc) is 2.59. The fourth-order valence-corrected chi connectivity index (χ4v) is 2.21. The summed E-state index contributed by atoms with van der Waals surface area (Å²) in [5.41, 5.74) is 4.31. The van der Waals surface area contributed by atoms with E-state index in [1.54, 1.807) is 37.2 Å². The molecule has 0 radical (unpaired) electrons. The van der Waals surface area contributed by atoms with Gasteiger partial charge >= 0.3 is 0 Å². The largest absolute Gasteiger partial charge is 0.484 e. The molecule has 136 valence electrons. The Labute approximate surface area is 151 Å². The van der Waals surface area contributed by atoms with Gasteiger partial charge < -0.3 is 9.64 Å². The lowest BCUT2D eigenvalue weighted by molar-refractivity contribution is -0.384. The molecule has 0 bridgehead atoms. The zero-order valence-electron chi connectivity index (χ0n) is 14.8. The Morgan fingerprint density at radius 3 is 2.73 bits per heavy atom. The summed E-state index contributed by atoms with van der Waals surface area (Å²) in [6.07, 6.45) is 1.34. The number of anilines is 1. The van der Waals surface area contributed by atoms with Crippen molar-refractivity contribution >= 4 is 23.5 Å². The Balaban J connectivity index is 1.94. The van der Waals surface area contributed by atoms with Crippen molar-refractivity contribution in [2.45, 2.75) is 6.92 Å². The Hall–Kier alpha value is -3.42. The minimum Gasteiger partial charge on any atom is -0.484 e. The molecule has 0 aromatic heterocycles. The summed E-state index contributed by atoms with van der Waals surface area (Å²) in [6.45, 7) is 1.75. The fourth-order valence-electron chi connectivity index (χ4n) is 2.21. The van der Waals surface area contributed by atoms with Crippen LogP contribution < -0.4 is 15.1 Å². The maximum atomic E-state index is 11.7. The van der Waals surface area contributed by atoms with Crippen LogP contribution in [0.1, 0.15) is 11.1 Å². The molecule has 2 rings (SSSR count). The number of nitro benzene ring substituents is 1. The molecule has 0 aliphatic carbocycles. The van der Waals surface area contributed by atoms with E-state index in [1.165, 1.54) is 12.3 Å². The Morgan fingerprint density at radius 1 is 1.31 bits per heavy atom. The molecule has 8 heteroatoms. The van der Waals surface area contributed by atoms with Gasteiger partial charge in [-0.2, -0.15) is 5.10 Å². The van der Waals surface area contributed by atoms with E-state index >= 15 is 0 Å². The third-order valence-corrected chi connectivity index (χ3v) is 3.44. The number of hydrogen-bond donors (Lipinski definition) is 1. The molecule has 2 aromatic rings. The fraction of sp³-hybridized carbons (Fsp3) is 0.222. The first-order valence-electron chi connectivity index (χ1n) is 7.84. The van der Waals surface area contributed by atoms with Crippen LogP contribution in [-0.2, 0) is 4.79 Å². The predicted octanol–water partition coefficient (Wildman–Crippen LogP) is 2.50. The third-order valence-electron chi connectivity index (χ3n) is 3.44. The first kappa shape index (κ1) is 18.9. The maximum Gasteiger partial charge on any atom is 0.293 e. The molecule has 1 amide bonds. The molecular weight excluding hydrogens is 336 g/mol. The smallest absolute Gasteiger partial charge is 0.293 e. The van der Waals surface area contributed by atoms with E-state index < -0.39 is 10.8 Å². The number of nitrogens with zero attached hydrogens (tertiary/aromatic N) is 3. The average molecular weight is 356 g/mol. The van der Waals surface area contributed by atoms with Crippen molar-refractivity contribution in [3.05, 3.63) is 63.7 Å². The van der Waals surface area contributed by atoms with Crippen LogP contribution >= 0.6 is 0 Å². The van der Waals surface area contributed by atoms with E-state index in [0.29, 0.717) is 17.0 Å². The van der Waals surface area contributed by atoms with Crippen LogP contribution in [0.4, 0.5) is 11.4 Å². The number of rotatable bonds is 7. The summed E-state index contributed by atoms with van der Waals surface area (Å²) in [6, 6.07) is 12.1. The number of nitro groups is 1. The van der Waals surface area contributed by atoms with Crippen molar-refractivity contribution in [1.82, 2.24) is 5.43 Å². The van der Waals surface area contributed by atoms with Gasteiger partial charge in [0.2, 0.25) is 0 Å². The number of carbonyl (C=O) groups excluding carboxylic acids is 1. The maximum absolute atomic E-state index is 11.7. The molecule has 0 fully saturated rings. The Bertz CT molecular complexity index is 834. The summed E-state index contributed by atoms with van der Waals surface area (Å²) < 4.78 is 5.36. The third kappa shape index (κ3) is 5.30. The van der Waals surface area contributed by atoms with E-state index in [0.717, 1.165) is 5.56 Å². The van der Waals surface area contributed by atoms with Gasteiger partial charge in [0.1, 0.15) is 11.4 Å². The van der Waals surface area contributed by atoms with Crippen LogP contribution in [0.5, 0.6) is 5.75 Å². The van der Waals surface area contributed by atoms with Gasteiger partial charge in [-0.05, 0) is 30.7 Å². The minimum atomic E-state index is -0.457. The number of hydrogen-bond acceptors (Lipinski definition) is 6. The zero-order chi connectivity index (χ0) is 19.1. The van der Waals surface area contributed by atoms with Crippen LogP contribution in [0.25, 0.3) is 0 Å². The standard InChI is InChI=1S/C18H20N4O4/c1-13-5-4-6-15(9-13)26-12-18(23)20-19-11-14-7-8-16(21(2)3)17(10-14)22(24)25/h4-11H,12H2,1-3H3,(H,20,23)/b19-11+. The lowest BCUT2D eigenvalue weighted by Gasteiger charge is -2.12. The summed E-state index contributed by atoms with van der Waals surface area (Å²) in [5.74, 6) is 0.168. The molecule has 1 N–H and O–H groups in total. The molecule has 0 saturated carbocycles. The van der Waals surface area contributed by atoms with Gasteiger partial charge in [-0.15, -0.1) is 0 Å². The first-order chi connectivity index (χ1) is 12.4. The SMILES string of the molecule is Cc1cccc(OCC(=O)N/N=C/c2ccc(N(C)C)c([N+](=O)[O-])c2)c1. The molecule has 0 aliphatic rings. The quantitative estimate of drug-likeness (QED) is 0.467. The van der Waals surface area contributed by atoms with Gasteiger partial charge in [-0.3, -0.25) is 14.9 Å². The molecule has 8 nitrogen and oxygen atoms in total. The zero-order valence-corrected chi connectivity index (χ0v) is 14.8. The van der Waals surface area contributed by atoms with Crippen LogP contribution in [-0.4, -0.2) is 37.7 Å². The van der Waals surface area contributed by atoms with Crippen molar-refractivity contribution in [3.8, 4) is 5.75 Å². The highest BCUT2D eigenvalue weighted by Crippen LogP contribution is 2.27. The van der Waals surface area contributed by atoms with Crippen molar-refractivity contribution in [3.63, 3.8) is 0 Å². The second-order valence-electron chi connectivity index (χ2n) is 5.80. The van der Waals surface area contributed by atoms with Gasteiger partial charge in [0.25, 0.3) is 11.6 Å². The van der Waals surface area contributed by atoms with Crippen molar-refractivity contribution in [2.24, 2.45) is 5.10 Å². The summed E-state index contributed by atoms with van der Waals surface area (Å²) in [5, 5.41) is 15.0. The van der Waals surface area contributed by atoms with Gasteiger partial charge in [0.05, 0.1) is 11.1 Å². The molecule has 0 unspecified atom stereocenters. The Morgan fingerprint density at radius 2 is 2.08 bits per heavy atom. The second-order valence-corrected chi connectivity index (χ2v) is 5.80. The van der Waals surface area contributed by atoms with Crippen molar-refractivity contribution < 1.29 is 14.5 Å². The highest BCUT2D eigenvalue weighted by molar-refractivity contribution is 5.85. The molecule has 0 atom stereocenters. The highest BCUT2D eigenvalue weighted by Gasteiger charge is 2.15. The van der Waals surface area contributed by atoms with E-state index in [4.69, 9.17) is 4.74 Å². The normalized spacial score (nSPS) is 10.6. The van der Waals surface area contributed by atoms with Gasteiger partial charge in [-0.25, -0.2) is 5.43 Å². The number of ether oxygens (including phenoxy) is 1. The summed E-state index contributed by atoms with van der Waals surface area (Å²) >= 11 is 0. The van der Waals surface area contributed by atoms with E-state index in [1.807, 2.05) is 25.1 Å². The van der Waals surface area contributed by atoms with E-state index in [2.05, 4.69) is 10.5 Å². The molecular formula is C18H20N4O4. The topological polar surface area (TPSA) is 97.1 Å². The number of aryl methyl sites for hydroxylation is 1. The summed E-state index contributed by atoms with van der Waals surface area (Å²) in [7, 11) is 3.45. The number of benzene rings is 2. The van der Waals surface area contributed by atoms with E-state index in [9.17, 15) is 14.9 Å². The number of carbonyl (C=O) groups is 1. The monoisotopic (exact) mass is 356 g/mol. The van der Waals surface area contributed by atoms with Crippen molar-refractivity contribution in [2.75, 3.05) is 25.6 Å². The van der Waals surface area contributed by atoms with E-state index in [-0.39, 0.29) is 12.3 Å². The lowest BCUT2D eigenvalue weighted by Crippen LogP contribution is -2.24. The van der Waals surface area contributed by atoms with Crippen LogP contribution in [0.2, 0.25) is 0 Å². The van der Waals surface area contributed by atoms with Crippen LogP contribution in [0, 0.1) is 17.0 Å². The molecule has 0 aliphatic heterocycles. The predicted molar refractivity (Wildman–Crippen MR) is 99.8 cm³/mol. The second kappa shape index (κ2) is 8.61. The summed E-state index contributed by atoms with van der Waals surface area (Å²) in [4.78, 5) is 24.1. The van der Waals surface area contributed by atoms with Gasteiger partial charge in [0, 0.05) is 25.7 Å². The van der Waals surface area contributed by atoms with Gasteiger partial charge in [0.15, 0.2) is 6.61 Å². The number of nitrogens with one attached hydrogen (secondary N) is 1. The van der Waals surface area contributed by atoms with Crippen LogP contribution in [0.15, 0.2) is 47.6 Å². The highest BCUT2D eigenvalue weighted by atomic mass is 16.6. The first-order valence-corrected chi connectivity index (χ1v) is 7.84. The molecule has 0 spiro atoms. The minimum absolute atomic E-state index is 0.0342.